The maximum absolute atomic E-state index is 12.6. The van der Waals surface area contributed by atoms with Crippen LogP contribution >= 0.6 is 0 Å². The minimum Gasteiger partial charge on any atom is -0.495 e. The Labute approximate surface area is 182 Å². The van der Waals surface area contributed by atoms with Crippen molar-refractivity contribution in [3.8, 4) is 5.75 Å². The first kappa shape index (κ1) is 21.3. The van der Waals surface area contributed by atoms with E-state index in [4.69, 9.17) is 4.74 Å². The number of ether oxygens (including phenoxy) is 1. The fourth-order valence-electron chi connectivity index (χ4n) is 4.23. The van der Waals surface area contributed by atoms with Crippen molar-refractivity contribution >= 4 is 22.4 Å². The fraction of sp³-hybridized carbons (Fsp3) is 0.360. The maximum atomic E-state index is 12.6. The summed E-state index contributed by atoms with van der Waals surface area (Å²) in [5.74, 6) is 0.962. The van der Waals surface area contributed by atoms with Gasteiger partial charge in [0.25, 0.3) is 0 Å². The molecule has 6 nitrogen and oxygen atoms in total. The molecule has 1 aliphatic heterocycles. The molecule has 0 amide bonds. The van der Waals surface area contributed by atoms with Crippen molar-refractivity contribution in [2.45, 2.75) is 31.9 Å². The number of likely N-dealkylation sites (tertiary alicyclic amines) is 1. The third-order valence-electron chi connectivity index (χ3n) is 5.89. The Balaban J connectivity index is 1.29. The van der Waals surface area contributed by atoms with Crippen LogP contribution in [0.4, 0.5) is 5.69 Å². The molecule has 0 spiro atoms. The van der Waals surface area contributed by atoms with Crippen LogP contribution in [-0.4, -0.2) is 53.6 Å². The third-order valence-corrected chi connectivity index (χ3v) is 5.89. The van der Waals surface area contributed by atoms with Crippen LogP contribution in [0.25, 0.3) is 10.9 Å². The van der Waals surface area contributed by atoms with Gasteiger partial charge in [0, 0.05) is 42.7 Å². The average molecular weight is 420 g/mol. The molecule has 0 saturated carbocycles. The number of anilines is 1. The number of carbonyl (C=O) groups is 1. The molecule has 0 atom stereocenters. The lowest BCUT2D eigenvalue weighted by Crippen LogP contribution is -2.41. The summed E-state index contributed by atoms with van der Waals surface area (Å²) >= 11 is 0. The van der Waals surface area contributed by atoms with Gasteiger partial charge in [-0.05, 0) is 36.6 Å². The van der Waals surface area contributed by atoms with Gasteiger partial charge < -0.3 is 15.2 Å². The largest absolute Gasteiger partial charge is 0.495 e. The van der Waals surface area contributed by atoms with Crippen molar-refractivity contribution in [2.24, 2.45) is 0 Å². The summed E-state index contributed by atoms with van der Waals surface area (Å²) in [4.78, 5) is 19.3. The van der Waals surface area contributed by atoms with Gasteiger partial charge in [-0.25, -0.2) is 0 Å². The van der Waals surface area contributed by atoms with E-state index in [9.17, 15) is 9.90 Å². The van der Waals surface area contributed by atoms with E-state index in [1.165, 1.54) is 0 Å². The first-order valence-corrected chi connectivity index (χ1v) is 10.8. The van der Waals surface area contributed by atoms with Gasteiger partial charge in [-0.15, -0.1) is 0 Å². The van der Waals surface area contributed by atoms with Gasteiger partial charge >= 0.3 is 0 Å². The number of rotatable bonds is 8. The lowest BCUT2D eigenvalue weighted by Gasteiger charge is -2.33. The Morgan fingerprint density at radius 2 is 2.00 bits per heavy atom. The highest BCUT2D eigenvalue weighted by Gasteiger charge is 2.22. The number of piperidine rings is 1. The first-order valence-electron chi connectivity index (χ1n) is 10.8. The molecule has 1 saturated heterocycles. The quantitative estimate of drug-likeness (QED) is 0.583. The van der Waals surface area contributed by atoms with E-state index < -0.39 is 0 Å². The Kier molecular flexibility index (Phi) is 6.79. The first-order chi connectivity index (χ1) is 15.2. The molecule has 2 N–H and O–H groups in total. The van der Waals surface area contributed by atoms with E-state index in [2.05, 4.69) is 21.3 Å². The van der Waals surface area contributed by atoms with Gasteiger partial charge in [0.15, 0.2) is 5.78 Å². The number of hydrogen-bond donors (Lipinski definition) is 2. The fourth-order valence-corrected chi connectivity index (χ4v) is 4.23. The van der Waals surface area contributed by atoms with Crippen LogP contribution < -0.4 is 10.1 Å². The number of pyridine rings is 1. The van der Waals surface area contributed by atoms with E-state index >= 15 is 0 Å². The summed E-state index contributed by atoms with van der Waals surface area (Å²) < 4.78 is 5.45. The summed E-state index contributed by atoms with van der Waals surface area (Å²) in [7, 11) is 1.64. The van der Waals surface area contributed by atoms with E-state index in [0.29, 0.717) is 13.0 Å². The molecule has 6 heteroatoms. The molecule has 3 aromatic rings. The lowest BCUT2D eigenvalue weighted by molar-refractivity contribution is -0.119. The van der Waals surface area contributed by atoms with Crippen molar-refractivity contribution in [3.63, 3.8) is 0 Å². The minimum atomic E-state index is -0.0312. The summed E-state index contributed by atoms with van der Waals surface area (Å²) in [6.45, 7) is 2.17. The third kappa shape index (κ3) is 5.21. The van der Waals surface area contributed by atoms with Crippen molar-refractivity contribution in [3.05, 3.63) is 65.9 Å². The van der Waals surface area contributed by atoms with Gasteiger partial charge in [-0.1, -0.05) is 30.3 Å². The van der Waals surface area contributed by atoms with Crippen molar-refractivity contribution in [1.82, 2.24) is 9.88 Å². The number of ketones is 1. The number of carbonyl (C=O) groups excluding carboxylic acids is 1. The Hall–Kier alpha value is -2.96. The molecule has 0 bridgehead atoms. The number of benzene rings is 2. The van der Waals surface area contributed by atoms with Crippen LogP contribution in [0, 0.1) is 0 Å². The molecule has 1 fully saturated rings. The summed E-state index contributed by atoms with van der Waals surface area (Å²) in [5.41, 5.74) is 3.62. The van der Waals surface area contributed by atoms with Gasteiger partial charge in [-0.3, -0.25) is 14.7 Å². The standard InChI is InChI=1S/C25H29N3O3/c1-31-24-8-4-6-20(17-29)25(24)27-21-9-11-28(12-10-21)16-22(30)14-18-13-19-5-2-3-7-23(19)26-15-18/h2-8,13,15,21,27,29H,9-12,14,16-17H2,1H3. The molecule has 2 heterocycles. The van der Waals surface area contributed by atoms with Crippen LogP contribution in [-0.2, 0) is 17.8 Å². The van der Waals surface area contributed by atoms with E-state index in [1.54, 1.807) is 7.11 Å². The highest BCUT2D eigenvalue weighted by atomic mass is 16.5. The Bertz CT molecular complexity index is 1020. The average Bonchev–Trinajstić information content (AvgIpc) is 2.80. The van der Waals surface area contributed by atoms with Crippen molar-refractivity contribution in [1.29, 1.82) is 0 Å². The van der Waals surface area contributed by atoms with Crippen LogP contribution in [0.3, 0.4) is 0 Å². The minimum absolute atomic E-state index is 0.0312. The van der Waals surface area contributed by atoms with Gasteiger partial charge in [0.2, 0.25) is 0 Å². The smallest absolute Gasteiger partial charge is 0.151 e. The number of Topliss-reactive ketones (excluding diaryl/α,β-unsaturated/α-hetero) is 1. The normalized spacial score (nSPS) is 15.2. The zero-order valence-electron chi connectivity index (χ0n) is 17.9. The zero-order chi connectivity index (χ0) is 21.6. The Morgan fingerprint density at radius 1 is 1.19 bits per heavy atom. The van der Waals surface area contributed by atoms with E-state index in [1.807, 2.05) is 48.7 Å². The highest BCUT2D eigenvalue weighted by Crippen LogP contribution is 2.30. The monoisotopic (exact) mass is 419 g/mol. The molecule has 2 aromatic carbocycles. The highest BCUT2D eigenvalue weighted by molar-refractivity contribution is 5.85. The number of hydrogen-bond acceptors (Lipinski definition) is 6. The number of nitrogens with zero attached hydrogens (tertiary/aromatic N) is 2. The molecule has 0 radical (unpaired) electrons. The predicted molar refractivity (Wildman–Crippen MR) is 122 cm³/mol. The van der Waals surface area contributed by atoms with E-state index in [-0.39, 0.29) is 18.4 Å². The number of fused-ring (bicyclic) bond motifs is 1. The van der Waals surface area contributed by atoms with Crippen LogP contribution in [0.5, 0.6) is 5.75 Å². The number of para-hydroxylation sites is 2. The van der Waals surface area contributed by atoms with Crippen LogP contribution in [0.1, 0.15) is 24.0 Å². The van der Waals surface area contributed by atoms with Crippen molar-refractivity contribution in [2.75, 3.05) is 32.1 Å². The van der Waals surface area contributed by atoms with Crippen LogP contribution in [0.15, 0.2) is 54.7 Å². The molecule has 0 unspecified atom stereocenters. The molecule has 31 heavy (non-hydrogen) atoms. The number of aliphatic hydroxyl groups excluding tert-OH is 1. The van der Waals surface area contributed by atoms with E-state index in [0.717, 1.165) is 59.4 Å². The molecule has 0 aliphatic carbocycles. The number of aromatic nitrogens is 1. The maximum Gasteiger partial charge on any atom is 0.151 e. The number of aliphatic hydroxyl groups is 1. The topological polar surface area (TPSA) is 74.7 Å². The predicted octanol–water partition coefficient (Wildman–Crippen LogP) is 3.42. The number of methoxy groups -OCH3 is 1. The molecule has 4 rings (SSSR count). The van der Waals surface area contributed by atoms with Crippen LogP contribution in [0.2, 0.25) is 0 Å². The lowest BCUT2D eigenvalue weighted by atomic mass is 10.0. The zero-order valence-corrected chi connectivity index (χ0v) is 17.9. The second-order valence-corrected chi connectivity index (χ2v) is 8.10. The van der Waals surface area contributed by atoms with Crippen molar-refractivity contribution < 1.29 is 14.6 Å². The summed E-state index contributed by atoms with van der Waals surface area (Å²) in [6.07, 6.45) is 4.10. The molecular formula is C25H29N3O3. The van der Waals surface area contributed by atoms with Gasteiger partial charge in [-0.2, -0.15) is 0 Å². The summed E-state index contributed by atoms with van der Waals surface area (Å²) in [6, 6.07) is 16.0. The second-order valence-electron chi connectivity index (χ2n) is 8.10. The molecule has 162 valence electrons. The molecular weight excluding hydrogens is 390 g/mol. The second kappa shape index (κ2) is 9.90. The SMILES string of the molecule is COc1cccc(CO)c1NC1CCN(CC(=O)Cc2cnc3ccccc3c2)CC1. The number of nitrogens with one attached hydrogen (secondary N) is 1. The summed E-state index contributed by atoms with van der Waals surface area (Å²) in [5, 5.41) is 14.3. The van der Waals surface area contributed by atoms with Gasteiger partial charge in [0.05, 0.1) is 31.5 Å². The molecule has 1 aromatic heterocycles. The molecule has 1 aliphatic rings. The van der Waals surface area contributed by atoms with Gasteiger partial charge in [0.1, 0.15) is 5.75 Å². The Morgan fingerprint density at radius 3 is 2.77 bits per heavy atom.